The summed E-state index contributed by atoms with van der Waals surface area (Å²) in [5.41, 5.74) is -0.133. The molecule has 1 aliphatic carbocycles. The van der Waals surface area contributed by atoms with Crippen LogP contribution in [0, 0.1) is 11.6 Å². The van der Waals surface area contributed by atoms with E-state index in [1.54, 1.807) is 0 Å². The van der Waals surface area contributed by atoms with Gasteiger partial charge in [-0.25, -0.2) is 8.78 Å². The number of hydrogen-bond acceptors (Lipinski definition) is 1. The van der Waals surface area contributed by atoms with E-state index >= 15 is 0 Å². The molecule has 0 N–H and O–H groups in total. The van der Waals surface area contributed by atoms with Crippen LogP contribution in [0.3, 0.4) is 0 Å². The van der Waals surface area contributed by atoms with E-state index in [0.29, 0.717) is 23.8 Å². The van der Waals surface area contributed by atoms with Crippen molar-refractivity contribution >= 4 is 5.91 Å². The van der Waals surface area contributed by atoms with E-state index in [4.69, 9.17) is 0 Å². The van der Waals surface area contributed by atoms with Crippen LogP contribution in [0.5, 0.6) is 0 Å². The van der Waals surface area contributed by atoms with Crippen molar-refractivity contribution < 1.29 is 26.7 Å². The van der Waals surface area contributed by atoms with Gasteiger partial charge in [-0.2, -0.15) is 13.2 Å². The first-order valence-corrected chi connectivity index (χ1v) is 5.61. The van der Waals surface area contributed by atoms with Gasteiger partial charge in [0, 0.05) is 24.2 Å². The van der Waals surface area contributed by atoms with Gasteiger partial charge in [-0.1, -0.05) is 6.07 Å². The molecule has 7 heteroatoms. The Morgan fingerprint density at radius 2 is 1.89 bits per heavy atom. The molecule has 0 bridgehead atoms. The lowest BCUT2D eigenvalue weighted by Crippen LogP contribution is -2.42. The highest BCUT2D eigenvalue weighted by atomic mass is 19.4. The van der Waals surface area contributed by atoms with Crippen LogP contribution in [0.15, 0.2) is 18.2 Å². The summed E-state index contributed by atoms with van der Waals surface area (Å²) >= 11 is 0. The zero-order chi connectivity index (χ0) is 14.2. The SMILES string of the molecule is O=C(N(Cc1ccc(F)cc1F)C1CC1)C(F)(F)F. The van der Waals surface area contributed by atoms with E-state index in [0.717, 1.165) is 12.1 Å². The molecule has 1 amide bonds. The van der Waals surface area contributed by atoms with E-state index in [1.165, 1.54) is 0 Å². The van der Waals surface area contributed by atoms with Gasteiger partial charge >= 0.3 is 12.1 Å². The third-order valence-corrected chi connectivity index (χ3v) is 2.85. The van der Waals surface area contributed by atoms with Gasteiger partial charge in [-0.15, -0.1) is 0 Å². The largest absolute Gasteiger partial charge is 0.471 e. The van der Waals surface area contributed by atoms with Crippen LogP contribution in [0.4, 0.5) is 22.0 Å². The molecule has 1 saturated carbocycles. The molecule has 104 valence electrons. The summed E-state index contributed by atoms with van der Waals surface area (Å²) in [4.78, 5) is 11.8. The first-order valence-electron chi connectivity index (χ1n) is 5.61. The molecule has 0 aliphatic heterocycles. The molecule has 2 rings (SSSR count). The number of rotatable bonds is 3. The summed E-state index contributed by atoms with van der Waals surface area (Å²) in [6.07, 6.45) is -4.06. The second-order valence-corrected chi connectivity index (χ2v) is 4.40. The van der Waals surface area contributed by atoms with Crippen LogP contribution in [0.1, 0.15) is 18.4 Å². The Morgan fingerprint density at radius 1 is 1.26 bits per heavy atom. The van der Waals surface area contributed by atoms with Gasteiger partial charge in [0.05, 0.1) is 0 Å². The predicted molar refractivity (Wildman–Crippen MR) is 56.0 cm³/mol. The third-order valence-electron chi connectivity index (χ3n) is 2.85. The van der Waals surface area contributed by atoms with Crippen LogP contribution in [-0.2, 0) is 11.3 Å². The van der Waals surface area contributed by atoms with Crippen molar-refractivity contribution in [3.8, 4) is 0 Å². The summed E-state index contributed by atoms with van der Waals surface area (Å²) in [7, 11) is 0. The number of carbonyl (C=O) groups is 1. The number of nitrogens with zero attached hydrogens (tertiary/aromatic N) is 1. The van der Waals surface area contributed by atoms with Crippen molar-refractivity contribution in [2.45, 2.75) is 31.6 Å². The lowest BCUT2D eigenvalue weighted by atomic mass is 10.2. The molecule has 0 aromatic heterocycles. The fourth-order valence-electron chi connectivity index (χ4n) is 1.75. The van der Waals surface area contributed by atoms with E-state index in [9.17, 15) is 26.7 Å². The number of hydrogen-bond donors (Lipinski definition) is 0. The molecule has 1 aromatic carbocycles. The first-order chi connectivity index (χ1) is 8.79. The molecule has 0 radical (unpaired) electrons. The Hall–Kier alpha value is -1.66. The van der Waals surface area contributed by atoms with E-state index in [1.807, 2.05) is 0 Å². The molecular formula is C12H10F5NO. The fourth-order valence-corrected chi connectivity index (χ4v) is 1.75. The number of amides is 1. The van der Waals surface area contributed by atoms with Gasteiger partial charge in [0.1, 0.15) is 11.6 Å². The maximum atomic E-state index is 13.4. The highest BCUT2D eigenvalue weighted by Gasteiger charge is 2.47. The standard InChI is InChI=1S/C12H10F5NO/c13-8-2-1-7(10(14)5-8)6-18(9-3-4-9)11(19)12(15,16)17/h1-2,5,9H,3-4,6H2. The predicted octanol–water partition coefficient (Wildman–Crippen LogP) is 3.02. The third kappa shape index (κ3) is 3.21. The molecule has 19 heavy (non-hydrogen) atoms. The van der Waals surface area contributed by atoms with E-state index in [-0.39, 0.29) is 5.56 Å². The average molecular weight is 279 g/mol. The molecule has 0 heterocycles. The minimum Gasteiger partial charge on any atom is -0.327 e. The zero-order valence-electron chi connectivity index (χ0n) is 9.68. The quantitative estimate of drug-likeness (QED) is 0.779. The normalized spacial score (nSPS) is 15.4. The topological polar surface area (TPSA) is 20.3 Å². The number of benzene rings is 1. The van der Waals surface area contributed by atoms with E-state index < -0.39 is 36.3 Å². The molecule has 0 saturated heterocycles. The first kappa shape index (κ1) is 13.8. The maximum absolute atomic E-state index is 13.4. The number of carbonyl (C=O) groups excluding carboxylic acids is 1. The molecule has 0 atom stereocenters. The van der Waals surface area contributed by atoms with Crippen LogP contribution in [-0.4, -0.2) is 23.0 Å². The molecule has 0 spiro atoms. The molecule has 1 fully saturated rings. The Kier molecular flexibility index (Phi) is 3.47. The van der Waals surface area contributed by atoms with Crippen molar-refractivity contribution in [2.24, 2.45) is 0 Å². The smallest absolute Gasteiger partial charge is 0.327 e. The van der Waals surface area contributed by atoms with Crippen molar-refractivity contribution in [3.63, 3.8) is 0 Å². The van der Waals surface area contributed by atoms with Crippen LogP contribution < -0.4 is 0 Å². The Balaban J connectivity index is 2.20. The summed E-state index contributed by atoms with van der Waals surface area (Å²) in [5.74, 6) is -3.76. The number of halogens is 5. The maximum Gasteiger partial charge on any atom is 0.471 e. The summed E-state index contributed by atoms with van der Waals surface area (Å²) in [5, 5.41) is 0. The Morgan fingerprint density at radius 3 is 2.37 bits per heavy atom. The average Bonchev–Trinajstić information content (AvgIpc) is 3.10. The highest BCUT2D eigenvalue weighted by molar-refractivity contribution is 5.82. The Bertz CT molecular complexity index is 495. The molecule has 2 nitrogen and oxygen atoms in total. The lowest BCUT2D eigenvalue weighted by molar-refractivity contribution is -0.186. The molecule has 0 unspecified atom stereocenters. The molecule has 1 aromatic rings. The van der Waals surface area contributed by atoms with Crippen molar-refractivity contribution in [2.75, 3.05) is 0 Å². The summed E-state index contributed by atoms with van der Waals surface area (Å²) in [6, 6.07) is 2.06. The minimum absolute atomic E-state index is 0.133. The van der Waals surface area contributed by atoms with Crippen LogP contribution >= 0.6 is 0 Å². The van der Waals surface area contributed by atoms with Gasteiger partial charge in [0.15, 0.2) is 0 Å². The second kappa shape index (κ2) is 4.79. The van der Waals surface area contributed by atoms with Crippen molar-refractivity contribution in [1.29, 1.82) is 0 Å². The summed E-state index contributed by atoms with van der Waals surface area (Å²) in [6.45, 7) is -0.505. The highest BCUT2D eigenvalue weighted by Crippen LogP contribution is 2.32. The second-order valence-electron chi connectivity index (χ2n) is 4.40. The van der Waals surface area contributed by atoms with E-state index in [2.05, 4.69) is 0 Å². The number of alkyl halides is 3. The van der Waals surface area contributed by atoms with Gasteiger partial charge < -0.3 is 4.90 Å². The van der Waals surface area contributed by atoms with Gasteiger partial charge in [0.25, 0.3) is 0 Å². The molecular weight excluding hydrogens is 269 g/mol. The summed E-state index contributed by atoms with van der Waals surface area (Å²) < 4.78 is 63.3. The van der Waals surface area contributed by atoms with Crippen LogP contribution in [0.2, 0.25) is 0 Å². The van der Waals surface area contributed by atoms with Crippen molar-refractivity contribution in [3.05, 3.63) is 35.4 Å². The van der Waals surface area contributed by atoms with Gasteiger partial charge in [-0.3, -0.25) is 4.79 Å². The monoisotopic (exact) mass is 279 g/mol. The van der Waals surface area contributed by atoms with Crippen LogP contribution in [0.25, 0.3) is 0 Å². The fraction of sp³-hybridized carbons (Fsp3) is 0.417. The minimum atomic E-state index is -4.99. The van der Waals surface area contributed by atoms with Gasteiger partial charge in [-0.05, 0) is 18.9 Å². The van der Waals surface area contributed by atoms with Gasteiger partial charge in [0.2, 0.25) is 0 Å². The van der Waals surface area contributed by atoms with Crippen molar-refractivity contribution in [1.82, 2.24) is 4.90 Å². The Labute approximate surface area is 105 Å². The lowest BCUT2D eigenvalue weighted by Gasteiger charge is -2.23. The molecule has 1 aliphatic rings. The zero-order valence-corrected chi connectivity index (χ0v) is 9.68.